The van der Waals surface area contributed by atoms with Crippen LogP contribution in [0.2, 0.25) is 0 Å². The van der Waals surface area contributed by atoms with Crippen molar-refractivity contribution in [3.8, 4) is 17.2 Å². The van der Waals surface area contributed by atoms with Crippen molar-refractivity contribution in [3.63, 3.8) is 0 Å². The minimum Gasteiger partial charge on any atom is -0.496 e. The van der Waals surface area contributed by atoms with Gasteiger partial charge in [0.2, 0.25) is 0 Å². The van der Waals surface area contributed by atoms with E-state index < -0.39 is 0 Å². The molecule has 2 heterocycles. The van der Waals surface area contributed by atoms with Crippen molar-refractivity contribution in [2.24, 2.45) is 10.9 Å². The summed E-state index contributed by atoms with van der Waals surface area (Å²) in [6.45, 7) is 6.70. The molecule has 8 heteroatoms. The maximum absolute atomic E-state index is 5.57. The summed E-state index contributed by atoms with van der Waals surface area (Å²) in [5.41, 5.74) is 1.04. The average Bonchev–Trinajstić information content (AvgIpc) is 3.25. The minimum absolute atomic E-state index is 0. The number of guanidine groups is 1. The molecule has 2 saturated heterocycles. The molecule has 31 heavy (non-hydrogen) atoms. The van der Waals surface area contributed by atoms with Crippen LogP contribution in [0.3, 0.4) is 0 Å². The fourth-order valence-electron chi connectivity index (χ4n) is 4.64. The van der Waals surface area contributed by atoms with Gasteiger partial charge in [0.05, 0.1) is 21.3 Å². The van der Waals surface area contributed by atoms with Crippen LogP contribution in [0.25, 0.3) is 0 Å². The second-order valence-electron chi connectivity index (χ2n) is 8.20. The van der Waals surface area contributed by atoms with Gasteiger partial charge in [-0.1, -0.05) is 6.42 Å². The van der Waals surface area contributed by atoms with E-state index in [-0.39, 0.29) is 24.0 Å². The molecule has 3 rings (SSSR count). The first-order valence-electron chi connectivity index (χ1n) is 11.1. The molecular weight excluding hydrogens is 507 g/mol. The molecule has 1 unspecified atom stereocenters. The molecule has 2 aliphatic heterocycles. The van der Waals surface area contributed by atoms with Crippen LogP contribution in [0.15, 0.2) is 17.1 Å². The van der Waals surface area contributed by atoms with Crippen molar-refractivity contribution in [2.75, 3.05) is 67.6 Å². The van der Waals surface area contributed by atoms with Gasteiger partial charge in [-0.15, -0.1) is 24.0 Å². The molecule has 2 fully saturated rings. The van der Waals surface area contributed by atoms with Gasteiger partial charge < -0.3 is 29.3 Å². The van der Waals surface area contributed by atoms with Crippen LogP contribution in [-0.4, -0.2) is 83.4 Å². The number of likely N-dealkylation sites (tertiary alicyclic amines) is 2. The summed E-state index contributed by atoms with van der Waals surface area (Å²) in [5, 5.41) is 3.54. The number of aliphatic imine (C=N–C) groups is 1. The maximum Gasteiger partial charge on any atom is 0.193 e. The number of piperidine rings is 1. The average molecular weight is 546 g/mol. The van der Waals surface area contributed by atoms with Crippen LogP contribution in [0, 0.1) is 5.92 Å². The lowest BCUT2D eigenvalue weighted by Crippen LogP contribution is -2.42. The number of rotatable bonds is 8. The predicted molar refractivity (Wildman–Crippen MR) is 137 cm³/mol. The summed E-state index contributed by atoms with van der Waals surface area (Å²) in [5.74, 6) is 4.02. The third kappa shape index (κ3) is 7.03. The Morgan fingerprint density at radius 3 is 2.29 bits per heavy atom. The molecule has 1 N–H and O–H groups in total. The summed E-state index contributed by atoms with van der Waals surface area (Å²) in [6.07, 6.45) is 6.14. The summed E-state index contributed by atoms with van der Waals surface area (Å²) < 4.78 is 16.5. The molecule has 2 aliphatic rings. The van der Waals surface area contributed by atoms with E-state index in [0.29, 0.717) is 0 Å². The van der Waals surface area contributed by atoms with Gasteiger partial charge in [0.15, 0.2) is 5.96 Å². The van der Waals surface area contributed by atoms with Gasteiger partial charge in [0.1, 0.15) is 17.2 Å². The standard InChI is InChI=1S/C23H38N4O3.HI/c1-24-23(27-13-9-18(17-27)16-26-11-6-5-7-12-26)25-10-8-20-21(29-3)14-19(28-2)15-22(20)30-4;/h14-15,18H,5-13,16-17H2,1-4H3,(H,24,25);1H. The Balaban J connectivity index is 0.00000341. The van der Waals surface area contributed by atoms with Gasteiger partial charge in [-0.05, 0) is 44.7 Å². The van der Waals surface area contributed by atoms with Crippen molar-refractivity contribution in [1.82, 2.24) is 15.1 Å². The number of ether oxygens (including phenoxy) is 3. The fraction of sp³-hybridized carbons (Fsp3) is 0.696. The fourth-order valence-corrected chi connectivity index (χ4v) is 4.64. The first-order chi connectivity index (χ1) is 14.7. The Morgan fingerprint density at radius 1 is 1.03 bits per heavy atom. The maximum atomic E-state index is 5.57. The number of halogens is 1. The predicted octanol–water partition coefficient (Wildman–Crippen LogP) is 3.26. The number of nitrogens with zero attached hydrogens (tertiary/aromatic N) is 3. The SMILES string of the molecule is CN=C(NCCc1c(OC)cc(OC)cc1OC)N1CCC(CN2CCCCC2)C1.I. The second-order valence-corrected chi connectivity index (χ2v) is 8.20. The molecule has 176 valence electrons. The van der Waals surface area contributed by atoms with Gasteiger partial charge in [0.25, 0.3) is 0 Å². The van der Waals surface area contributed by atoms with E-state index in [1.54, 1.807) is 21.3 Å². The molecule has 0 radical (unpaired) electrons. The number of benzene rings is 1. The van der Waals surface area contributed by atoms with E-state index in [2.05, 4.69) is 20.1 Å². The van der Waals surface area contributed by atoms with Gasteiger partial charge in [0, 0.05) is 50.9 Å². The number of methoxy groups -OCH3 is 3. The van der Waals surface area contributed by atoms with E-state index in [1.165, 1.54) is 45.3 Å². The smallest absolute Gasteiger partial charge is 0.193 e. The quantitative estimate of drug-likeness (QED) is 0.307. The summed E-state index contributed by atoms with van der Waals surface area (Å²) in [7, 11) is 6.87. The molecule has 0 aromatic heterocycles. The number of nitrogens with one attached hydrogen (secondary N) is 1. The van der Waals surface area contributed by atoms with Crippen LogP contribution in [0.1, 0.15) is 31.2 Å². The molecule has 0 bridgehead atoms. The first kappa shape index (κ1) is 25.8. The second kappa shape index (κ2) is 13.2. The van der Waals surface area contributed by atoms with Crippen LogP contribution < -0.4 is 19.5 Å². The highest BCUT2D eigenvalue weighted by molar-refractivity contribution is 14.0. The molecule has 7 nitrogen and oxygen atoms in total. The van der Waals surface area contributed by atoms with E-state index in [9.17, 15) is 0 Å². The van der Waals surface area contributed by atoms with E-state index in [4.69, 9.17) is 14.2 Å². The van der Waals surface area contributed by atoms with Gasteiger partial charge in [-0.2, -0.15) is 0 Å². The third-order valence-corrected chi connectivity index (χ3v) is 6.24. The summed E-state index contributed by atoms with van der Waals surface area (Å²) in [6, 6.07) is 3.80. The first-order valence-corrected chi connectivity index (χ1v) is 11.1. The largest absolute Gasteiger partial charge is 0.496 e. The molecule has 0 amide bonds. The summed E-state index contributed by atoms with van der Waals surface area (Å²) in [4.78, 5) is 9.58. The van der Waals surface area contributed by atoms with Crippen molar-refractivity contribution in [1.29, 1.82) is 0 Å². The lowest BCUT2D eigenvalue weighted by molar-refractivity contribution is 0.198. The molecule has 1 atom stereocenters. The van der Waals surface area contributed by atoms with Gasteiger partial charge >= 0.3 is 0 Å². The van der Waals surface area contributed by atoms with Crippen LogP contribution >= 0.6 is 24.0 Å². The van der Waals surface area contributed by atoms with Crippen molar-refractivity contribution >= 4 is 29.9 Å². The highest BCUT2D eigenvalue weighted by atomic mass is 127. The number of hydrogen-bond acceptors (Lipinski definition) is 5. The Bertz CT molecular complexity index is 685. The van der Waals surface area contributed by atoms with E-state index in [0.717, 1.165) is 60.7 Å². The van der Waals surface area contributed by atoms with Gasteiger partial charge in [-0.3, -0.25) is 4.99 Å². The highest BCUT2D eigenvalue weighted by Crippen LogP contribution is 2.34. The molecule has 0 saturated carbocycles. The molecule has 1 aromatic carbocycles. The van der Waals surface area contributed by atoms with E-state index in [1.807, 2.05) is 19.2 Å². The van der Waals surface area contributed by atoms with Crippen LogP contribution in [-0.2, 0) is 6.42 Å². The monoisotopic (exact) mass is 546 g/mol. The highest BCUT2D eigenvalue weighted by Gasteiger charge is 2.27. The Hall–Kier alpha value is -1.42. The third-order valence-electron chi connectivity index (χ3n) is 6.24. The molecule has 1 aromatic rings. The lowest BCUT2D eigenvalue weighted by atomic mass is 10.1. The Morgan fingerprint density at radius 2 is 1.71 bits per heavy atom. The zero-order valence-corrected chi connectivity index (χ0v) is 21.8. The zero-order chi connectivity index (χ0) is 21.3. The lowest BCUT2D eigenvalue weighted by Gasteiger charge is -2.29. The van der Waals surface area contributed by atoms with Crippen molar-refractivity contribution < 1.29 is 14.2 Å². The Labute approximate surface area is 204 Å². The van der Waals surface area contributed by atoms with Gasteiger partial charge in [-0.25, -0.2) is 0 Å². The topological polar surface area (TPSA) is 58.6 Å². The Kier molecular flexibility index (Phi) is 11.0. The summed E-state index contributed by atoms with van der Waals surface area (Å²) >= 11 is 0. The zero-order valence-electron chi connectivity index (χ0n) is 19.5. The van der Waals surface area contributed by atoms with Crippen LogP contribution in [0.4, 0.5) is 0 Å². The van der Waals surface area contributed by atoms with Crippen molar-refractivity contribution in [2.45, 2.75) is 32.1 Å². The number of hydrogen-bond donors (Lipinski definition) is 1. The molecule has 0 aliphatic carbocycles. The molecular formula is C23H39IN4O3. The van der Waals surface area contributed by atoms with E-state index >= 15 is 0 Å². The minimum atomic E-state index is 0. The molecule has 0 spiro atoms. The van der Waals surface area contributed by atoms with Crippen LogP contribution in [0.5, 0.6) is 17.2 Å². The normalized spacial score (nSPS) is 19.7. The van der Waals surface area contributed by atoms with Crippen molar-refractivity contribution in [3.05, 3.63) is 17.7 Å².